The number of hydrogen-bond donors (Lipinski definition) is 0. The lowest BCUT2D eigenvalue weighted by atomic mass is 9.96. The van der Waals surface area contributed by atoms with Crippen molar-refractivity contribution in [1.29, 1.82) is 0 Å². The van der Waals surface area contributed by atoms with Gasteiger partial charge >= 0.3 is 0 Å². The second-order valence-corrected chi connectivity index (χ2v) is 4.06. The standard InChI is InChI=1S/C14H11BF2O/c1-9-6-10(2-4-12(9)16)8-18-14-5-3-11(15)7-13(14)17/h2-7H,8H2,1H3. The first-order chi connectivity index (χ1) is 8.56. The van der Waals surface area contributed by atoms with Crippen LogP contribution >= 0.6 is 0 Å². The van der Waals surface area contributed by atoms with E-state index in [1.54, 1.807) is 25.1 Å². The van der Waals surface area contributed by atoms with Gasteiger partial charge in [-0.25, -0.2) is 8.78 Å². The molecule has 18 heavy (non-hydrogen) atoms. The predicted octanol–water partition coefficient (Wildman–Crippen LogP) is 2.65. The van der Waals surface area contributed by atoms with Crippen molar-refractivity contribution in [3.63, 3.8) is 0 Å². The molecule has 2 radical (unpaired) electrons. The van der Waals surface area contributed by atoms with Gasteiger partial charge in [-0.05, 0) is 42.3 Å². The maximum atomic E-state index is 13.4. The van der Waals surface area contributed by atoms with Gasteiger partial charge in [0.1, 0.15) is 20.3 Å². The Balaban J connectivity index is 2.09. The Morgan fingerprint density at radius 3 is 2.50 bits per heavy atom. The molecule has 0 saturated carbocycles. The van der Waals surface area contributed by atoms with Crippen molar-refractivity contribution in [2.24, 2.45) is 0 Å². The molecule has 0 heterocycles. The number of aryl methyl sites for hydroxylation is 1. The van der Waals surface area contributed by atoms with Crippen LogP contribution in [0.4, 0.5) is 8.78 Å². The molecule has 0 amide bonds. The zero-order valence-corrected chi connectivity index (χ0v) is 9.91. The molecule has 0 bridgehead atoms. The molecule has 0 saturated heterocycles. The normalized spacial score (nSPS) is 10.4. The quantitative estimate of drug-likeness (QED) is 0.754. The third kappa shape index (κ3) is 2.89. The van der Waals surface area contributed by atoms with Gasteiger partial charge in [0.25, 0.3) is 0 Å². The lowest BCUT2D eigenvalue weighted by Gasteiger charge is -2.08. The summed E-state index contributed by atoms with van der Waals surface area (Å²) in [6.07, 6.45) is 0. The third-order valence-electron chi connectivity index (χ3n) is 2.57. The minimum absolute atomic E-state index is 0.131. The first-order valence-corrected chi connectivity index (χ1v) is 5.49. The van der Waals surface area contributed by atoms with Crippen LogP contribution in [-0.2, 0) is 6.61 Å². The topological polar surface area (TPSA) is 9.23 Å². The largest absolute Gasteiger partial charge is 0.486 e. The molecule has 4 heteroatoms. The average molecular weight is 244 g/mol. The van der Waals surface area contributed by atoms with Crippen LogP contribution in [0.1, 0.15) is 11.1 Å². The second-order valence-electron chi connectivity index (χ2n) is 4.06. The molecule has 2 aromatic carbocycles. The van der Waals surface area contributed by atoms with Crippen molar-refractivity contribution in [1.82, 2.24) is 0 Å². The van der Waals surface area contributed by atoms with Crippen molar-refractivity contribution in [2.45, 2.75) is 13.5 Å². The first-order valence-electron chi connectivity index (χ1n) is 5.49. The maximum absolute atomic E-state index is 13.4. The Morgan fingerprint density at radius 1 is 1.06 bits per heavy atom. The summed E-state index contributed by atoms with van der Waals surface area (Å²) >= 11 is 0. The van der Waals surface area contributed by atoms with Gasteiger partial charge in [-0.2, -0.15) is 0 Å². The molecule has 0 unspecified atom stereocenters. The molecule has 0 atom stereocenters. The number of benzene rings is 2. The van der Waals surface area contributed by atoms with Gasteiger partial charge in [-0.3, -0.25) is 0 Å². The van der Waals surface area contributed by atoms with Gasteiger partial charge in [0.05, 0.1) is 0 Å². The fraction of sp³-hybridized carbons (Fsp3) is 0.143. The van der Waals surface area contributed by atoms with E-state index in [2.05, 4.69) is 0 Å². The summed E-state index contributed by atoms with van der Waals surface area (Å²) in [5.41, 5.74) is 1.66. The van der Waals surface area contributed by atoms with Gasteiger partial charge < -0.3 is 4.74 Å². The Bertz CT molecular complexity index is 570. The van der Waals surface area contributed by atoms with E-state index in [9.17, 15) is 8.78 Å². The zero-order valence-electron chi connectivity index (χ0n) is 9.91. The molecule has 1 nitrogen and oxygen atoms in total. The highest BCUT2D eigenvalue weighted by atomic mass is 19.1. The number of rotatable bonds is 3. The number of ether oxygens (including phenoxy) is 1. The monoisotopic (exact) mass is 244 g/mol. The SMILES string of the molecule is [B]c1ccc(OCc2ccc(F)c(C)c2)c(F)c1. The summed E-state index contributed by atoms with van der Waals surface area (Å²) in [6.45, 7) is 1.85. The van der Waals surface area contributed by atoms with E-state index >= 15 is 0 Å². The van der Waals surface area contributed by atoms with E-state index < -0.39 is 5.82 Å². The van der Waals surface area contributed by atoms with Crippen LogP contribution in [0.2, 0.25) is 0 Å². The van der Waals surface area contributed by atoms with E-state index in [0.717, 1.165) is 5.56 Å². The molecule has 0 aliphatic heterocycles. The van der Waals surface area contributed by atoms with Crippen LogP contribution in [0.15, 0.2) is 36.4 Å². The number of hydrogen-bond acceptors (Lipinski definition) is 1. The van der Waals surface area contributed by atoms with Crippen molar-refractivity contribution in [3.8, 4) is 5.75 Å². The van der Waals surface area contributed by atoms with Crippen molar-refractivity contribution in [3.05, 3.63) is 59.2 Å². The summed E-state index contributed by atoms with van der Waals surface area (Å²) in [5, 5.41) is 0. The van der Waals surface area contributed by atoms with Crippen LogP contribution in [0.5, 0.6) is 5.75 Å². The molecule has 0 N–H and O–H groups in total. The molecule has 90 valence electrons. The molecule has 2 rings (SSSR count). The van der Waals surface area contributed by atoms with E-state index in [1.165, 1.54) is 18.2 Å². The molecular formula is C14H11BF2O. The first kappa shape index (κ1) is 12.6. The van der Waals surface area contributed by atoms with Crippen molar-refractivity contribution >= 4 is 13.3 Å². The Labute approximate surface area is 106 Å². The minimum Gasteiger partial charge on any atom is -0.486 e. The van der Waals surface area contributed by atoms with E-state index in [-0.39, 0.29) is 18.2 Å². The van der Waals surface area contributed by atoms with Crippen molar-refractivity contribution < 1.29 is 13.5 Å². The summed E-state index contributed by atoms with van der Waals surface area (Å²) < 4.78 is 31.8. The van der Waals surface area contributed by atoms with Crippen molar-refractivity contribution in [2.75, 3.05) is 0 Å². The highest BCUT2D eigenvalue weighted by Gasteiger charge is 2.04. The molecule has 0 aliphatic carbocycles. The fourth-order valence-electron chi connectivity index (χ4n) is 1.59. The smallest absolute Gasteiger partial charge is 0.164 e. The van der Waals surface area contributed by atoms with Crippen LogP contribution in [0.3, 0.4) is 0 Å². The molecule has 0 aliphatic rings. The van der Waals surface area contributed by atoms with Gasteiger partial charge in [-0.15, -0.1) is 0 Å². The van der Waals surface area contributed by atoms with Gasteiger partial charge in [0, 0.05) is 0 Å². The van der Waals surface area contributed by atoms with Gasteiger partial charge in [0.2, 0.25) is 0 Å². The van der Waals surface area contributed by atoms with Gasteiger partial charge in [-0.1, -0.05) is 17.6 Å². The van der Waals surface area contributed by atoms with E-state index in [4.69, 9.17) is 12.6 Å². The molecule has 2 aromatic rings. The highest BCUT2D eigenvalue weighted by molar-refractivity contribution is 6.32. The van der Waals surface area contributed by atoms with Crippen LogP contribution < -0.4 is 10.2 Å². The summed E-state index contributed by atoms with van der Waals surface area (Å²) in [4.78, 5) is 0. The predicted molar refractivity (Wildman–Crippen MR) is 67.3 cm³/mol. The third-order valence-corrected chi connectivity index (χ3v) is 2.57. The second kappa shape index (κ2) is 5.21. The minimum atomic E-state index is -0.506. The summed E-state index contributed by atoms with van der Waals surface area (Å²) in [6, 6.07) is 8.88. The van der Waals surface area contributed by atoms with Crippen LogP contribution in [-0.4, -0.2) is 7.85 Å². The highest BCUT2D eigenvalue weighted by Crippen LogP contribution is 2.17. The molecular weight excluding hydrogens is 233 g/mol. The molecule has 0 spiro atoms. The zero-order chi connectivity index (χ0) is 13.1. The number of halogens is 2. The summed E-state index contributed by atoms with van der Waals surface area (Å²) in [5.74, 6) is -0.641. The van der Waals surface area contributed by atoms with Crippen LogP contribution in [0.25, 0.3) is 0 Å². The summed E-state index contributed by atoms with van der Waals surface area (Å²) in [7, 11) is 5.43. The fourth-order valence-corrected chi connectivity index (χ4v) is 1.59. The van der Waals surface area contributed by atoms with E-state index in [1.807, 2.05) is 0 Å². The maximum Gasteiger partial charge on any atom is 0.164 e. The van der Waals surface area contributed by atoms with E-state index in [0.29, 0.717) is 11.0 Å². The molecule has 0 aromatic heterocycles. The lowest BCUT2D eigenvalue weighted by molar-refractivity contribution is 0.290. The lowest BCUT2D eigenvalue weighted by Crippen LogP contribution is -2.05. The Morgan fingerprint density at radius 2 is 1.83 bits per heavy atom. The van der Waals surface area contributed by atoms with Gasteiger partial charge in [0.15, 0.2) is 11.6 Å². The Hall–Kier alpha value is -1.84. The average Bonchev–Trinajstić information content (AvgIpc) is 2.32. The molecule has 0 fully saturated rings. The Kier molecular flexibility index (Phi) is 3.65. The van der Waals surface area contributed by atoms with Crippen LogP contribution in [0, 0.1) is 18.6 Å².